The number of nitrogens with zero attached hydrogens (tertiary/aromatic N) is 1. The first kappa shape index (κ1) is 12.8. The molecule has 0 saturated carbocycles. The molecule has 1 heterocycles. The van der Waals surface area contributed by atoms with Crippen molar-refractivity contribution < 1.29 is 4.39 Å². The van der Waals surface area contributed by atoms with E-state index in [0.29, 0.717) is 5.02 Å². The molecule has 20 heavy (non-hydrogen) atoms. The number of aromatic nitrogens is 1. The predicted molar refractivity (Wildman–Crippen MR) is 82.1 cm³/mol. The third-order valence-electron chi connectivity index (χ3n) is 3.00. The third kappa shape index (κ3) is 2.70. The van der Waals surface area contributed by atoms with Crippen LogP contribution in [0.5, 0.6) is 0 Å². The van der Waals surface area contributed by atoms with Gasteiger partial charge in [0.25, 0.3) is 0 Å². The van der Waals surface area contributed by atoms with Crippen LogP contribution in [-0.2, 0) is 0 Å². The topological polar surface area (TPSA) is 12.9 Å². The van der Waals surface area contributed by atoms with Crippen molar-refractivity contribution in [2.75, 3.05) is 0 Å². The first-order valence-corrected chi connectivity index (χ1v) is 6.59. The summed E-state index contributed by atoms with van der Waals surface area (Å²) in [5, 5.41) is 1.61. The Labute approximate surface area is 121 Å². The Hall–Kier alpha value is -2.19. The van der Waals surface area contributed by atoms with Crippen molar-refractivity contribution >= 4 is 34.7 Å². The van der Waals surface area contributed by atoms with Crippen LogP contribution in [0, 0.1) is 5.82 Å². The second-order valence-corrected chi connectivity index (χ2v) is 4.84. The van der Waals surface area contributed by atoms with Crippen molar-refractivity contribution in [3.63, 3.8) is 0 Å². The summed E-state index contributed by atoms with van der Waals surface area (Å²) in [5.41, 5.74) is 2.55. The van der Waals surface area contributed by atoms with E-state index in [1.807, 2.05) is 42.5 Å². The van der Waals surface area contributed by atoms with Crippen LogP contribution >= 0.6 is 11.6 Å². The molecule has 0 spiro atoms. The number of hydrogen-bond acceptors (Lipinski definition) is 1. The summed E-state index contributed by atoms with van der Waals surface area (Å²) in [6, 6.07) is 15.9. The minimum atomic E-state index is -0.242. The Morgan fingerprint density at radius 2 is 1.70 bits per heavy atom. The molecule has 0 fully saturated rings. The third-order valence-corrected chi connectivity index (χ3v) is 3.31. The van der Waals surface area contributed by atoms with Crippen molar-refractivity contribution in [1.82, 2.24) is 4.98 Å². The zero-order chi connectivity index (χ0) is 13.9. The maximum Gasteiger partial charge on any atom is 0.123 e. The molecule has 0 aliphatic carbocycles. The molecule has 2 aromatic carbocycles. The van der Waals surface area contributed by atoms with Crippen LogP contribution < -0.4 is 0 Å². The fraction of sp³-hybridized carbons (Fsp3) is 0. The second kappa shape index (κ2) is 5.43. The van der Waals surface area contributed by atoms with Gasteiger partial charge in [-0.05, 0) is 35.9 Å². The lowest BCUT2D eigenvalue weighted by molar-refractivity contribution is 0.628. The Morgan fingerprint density at radius 3 is 2.50 bits per heavy atom. The highest BCUT2D eigenvalue weighted by Gasteiger charge is 2.01. The van der Waals surface area contributed by atoms with E-state index in [4.69, 9.17) is 11.6 Å². The van der Waals surface area contributed by atoms with E-state index in [0.717, 1.165) is 22.2 Å². The molecule has 0 aliphatic heterocycles. The van der Waals surface area contributed by atoms with Gasteiger partial charge in [0.2, 0.25) is 0 Å². The lowest BCUT2D eigenvalue weighted by Crippen LogP contribution is -1.84. The molecule has 0 N–H and O–H groups in total. The molecule has 3 heteroatoms. The average Bonchev–Trinajstić information content (AvgIpc) is 2.47. The van der Waals surface area contributed by atoms with Gasteiger partial charge in [0.1, 0.15) is 5.82 Å². The molecule has 3 aromatic rings. The molecule has 0 unspecified atom stereocenters. The smallest absolute Gasteiger partial charge is 0.123 e. The van der Waals surface area contributed by atoms with Gasteiger partial charge >= 0.3 is 0 Å². The molecule has 0 atom stereocenters. The van der Waals surface area contributed by atoms with Crippen molar-refractivity contribution in [3.05, 3.63) is 76.7 Å². The van der Waals surface area contributed by atoms with Crippen LogP contribution in [0.1, 0.15) is 11.3 Å². The number of benzene rings is 2. The summed E-state index contributed by atoms with van der Waals surface area (Å²) in [6.45, 7) is 0. The van der Waals surface area contributed by atoms with Crippen LogP contribution in [0.3, 0.4) is 0 Å². The minimum absolute atomic E-state index is 0.242. The standard InChI is InChI=1S/C17H11ClFN/c18-16-11-14(20-17-4-2-1-3-15(16)17)10-7-12-5-8-13(19)9-6-12/h1-11H/b10-7+. The number of pyridine rings is 1. The van der Waals surface area contributed by atoms with Gasteiger partial charge in [0.05, 0.1) is 16.2 Å². The predicted octanol–water partition coefficient (Wildman–Crippen LogP) is 5.20. The summed E-state index contributed by atoms with van der Waals surface area (Å²) in [6.07, 6.45) is 3.75. The zero-order valence-electron chi connectivity index (χ0n) is 10.6. The van der Waals surface area contributed by atoms with Crippen LogP contribution in [0.15, 0.2) is 54.6 Å². The maximum absolute atomic E-state index is 12.8. The van der Waals surface area contributed by atoms with Gasteiger partial charge in [-0.3, -0.25) is 0 Å². The molecule has 3 rings (SSSR count). The van der Waals surface area contributed by atoms with Crippen LogP contribution in [0.4, 0.5) is 4.39 Å². The molecule has 0 amide bonds. The largest absolute Gasteiger partial charge is 0.248 e. The lowest BCUT2D eigenvalue weighted by Gasteiger charge is -2.01. The van der Waals surface area contributed by atoms with Crippen LogP contribution in [0.25, 0.3) is 23.1 Å². The van der Waals surface area contributed by atoms with E-state index in [-0.39, 0.29) is 5.82 Å². The number of halogens is 2. The molecule has 0 saturated heterocycles. The molecule has 0 aliphatic rings. The van der Waals surface area contributed by atoms with E-state index < -0.39 is 0 Å². The van der Waals surface area contributed by atoms with Crippen molar-refractivity contribution in [2.24, 2.45) is 0 Å². The number of para-hydroxylation sites is 1. The summed E-state index contributed by atoms with van der Waals surface area (Å²) >= 11 is 6.24. The van der Waals surface area contributed by atoms with E-state index in [1.165, 1.54) is 12.1 Å². The van der Waals surface area contributed by atoms with Crippen molar-refractivity contribution in [3.8, 4) is 0 Å². The SMILES string of the molecule is Fc1ccc(/C=C/c2cc(Cl)c3ccccc3n2)cc1. The van der Waals surface area contributed by atoms with Gasteiger partial charge in [-0.1, -0.05) is 48.0 Å². The van der Waals surface area contributed by atoms with Crippen LogP contribution in [-0.4, -0.2) is 4.98 Å². The second-order valence-electron chi connectivity index (χ2n) is 4.43. The fourth-order valence-electron chi connectivity index (χ4n) is 1.99. The first-order chi connectivity index (χ1) is 9.72. The molecular formula is C17H11ClFN. The molecule has 1 nitrogen and oxygen atoms in total. The monoisotopic (exact) mass is 283 g/mol. The van der Waals surface area contributed by atoms with E-state index >= 15 is 0 Å². The Morgan fingerprint density at radius 1 is 0.950 bits per heavy atom. The lowest BCUT2D eigenvalue weighted by atomic mass is 10.1. The number of hydrogen-bond donors (Lipinski definition) is 0. The van der Waals surface area contributed by atoms with Gasteiger partial charge in [-0.25, -0.2) is 9.37 Å². The number of fused-ring (bicyclic) bond motifs is 1. The normalized spacial score (nSPS) is 11.3. The van der Waals surface area contributed by atoms with Crippen molar-refractivity contribution in [1.29, 1.82) is 0 Å². The molecule has 0 bridgehead atoms. The Balaban J connectivity index is 1.96. The summed E-state index contributed by atoms with van der Waals surface area (Å²) in [5.74, 6) is -0.242. The number of rotatable bonds is 2. The van der Waals surface area contributed by atoms with Gasteiger partial charge in [-0.15, -0.1) is 0 Å². The van der Waals surface area contributed by atoms with Gasteiger partial charge in [-0.2, -0.15) is 0 Å². The zero-order valence-corrected chi connectivity index (χ0v) is 11.3. The highest BCUT2D eigenvalue weighted by Crippen LogP contribution is 2.23. The average molecular weight is 284 g/mol. The molecule has 1 aromatic heterocycles. The van der Waals surface area contributed by atoms with Gasteiger partial charge in [0, 0.05) is 5.39 Å². The van der Waals surface area contributed by atoms with Gasteiger partial charge < -0.3 is 0 Å². The Kier molecular flexibility index (Phi) is 3.48. The minimum Gasteiger partial charge on any atom is -0.248 e. The molecule has 98 valence electrons. The summed E-state index contributed by atoms with van der Waals surface area (Å²) < 4.78 is 12.8. The quantitative estimate of drug-likeness (QED) is 0.630. The Bertz CT molecular complexity index is 779. The van der Waals surface area contributed by atoms with E-state index in [2.05, 4.69) is 4.98 Å². The van der Waals surface area contributed by atoms with Gasteiger partial charge in [0.15, 0.2) is 0 Å². The van der Waals surface area contributed by atoms with E-state index in [1.54, 1.807) is 12.1 Å². The molecule has 0 radical (unpaired) electrons. The highest BCUT2D eigenvalue weighted by atomic mass is 35.5. The summed E-state index contributed by atoms with van der Waals surface area (Å²) in [7, 11) is 0. The molecular weight excluding hydrogens is 273 g/mol. The van der Waals surface area contributed by atoms with E-state index in [9.17, 15) is 4.39 Å². The van der Waals surface area contributed by atoms with Crippen molar-refractivity contribution in [2.45, 2.75) is 0 Å². The first-order valence-electron chi connectivity index (χ1n) is 6.21. The fourth-order valence-corrected chi connectivity index (χ4v) is 2.26. The summed E-state index contributed by atoms with van der Waals surface area (Å²) in [4.78, 5) is 4.52. The highest BCUT2D eigenvalue weighted by molar-refractivity contribution is 6.35. The maximum atomic E-state index is 12.8. The van der Waals surface area contributed by atoms with Crippen LogP contribution in [0.2, 0.25) is 5.02 Å².